The number of benzene rings is 2. The van der Waals surface area contributed by atoms with Gasteiger partial charge in [-0.3, -0.25) is 14.4 Å². The van der Waals surface area contributed by atoms with Gasteiger partial charge in [0, 0.05) is 16.4 Å². The van der Waals surface area contributed by atoms with E-state index in [1.54, 1.807) is 6.07 Å². The molecule has 40 heavy (non-hydrogen) atoms. The van der Waals surface area contributed by atoms with Gasteiger partial charge in [-0.25, -0.2) is 4.90 Å². The highest BCUT2D eigenvalue weighted by atomic mass is 32.1. The van der Waals surface area contributed by atoms with E-state index in [-0.39, 0.29) is 6.79 Å². The van der Waals surface area contributed by atoms with Gasteiger partial charge in [-0.1, -0.05) is 24.3 Å². The fourth-order valence-electron chi connectivity index (χ4n) is 6.98. The van der Waals surface area contributed by atoms with Gasteiger partial charge in [0.25, 0.3) is 0 Å². The first kappa shape index (κ1) is 23.5. The number of fused-ring (bicyclic) bond motifs is 7. The number of hydrogen-bond acceptors (Lipinski definition) is 8. The van der Waals surface area contributed by atoms with E-state index >= 15 is 0 Å². The number of ether oxygens (including phenoxy) is 3. The van der Waals surface area contributed by atoms with Gasteiger partial charge >= 0.3 is 5.97 Å². The van der Waals surface area contributed by atoms with E-state index in [0.29, 0.717) is 33.4 Å². The molecule has 3 aliphatic heterocycles. The van der Waals surface area contributed by atoms with Crippen LogP contribution in [0.3, 0.4) is 0 Å². The molecule has 4 atom stereocenters. The van der Waals surface area contributed by atoms with Crippen molar-refractivity contribution in [3.63, 3.8) is 0 Å². The molecule has 1 fully saturated rings. The fourth-order valence-corrected chi connectivity index (χ4v) is 8.33. The highest BCUT2D eigenvalue weighted by molar-refractivity contribution is 7.17. The van der Waals surface area contributed by atoms with Gasteiger partial charge in [0.15, 0.2) is 11.5 Å². The molecule has 5 aliphatic rings. The van der Waals surface area contributed by atoms with E-state index in [2.05, 4.69) is 6.07 Å². The molecule has 8 rings (SSSR count). The summed E-state index contributed by atoms with van der Waals surface area (Å²) in [6.07, 6.45) is 4.49. The summed E-state index contributed by atoms with van der Waals surface area (Å²) in [7, 11) is 0. The zero-order valence-electron chi connectivity index (χ0n) is 21.4. The number of hydrogen-bond donors (Lipinski definition) is 0. The van der Waals surface area contributed by atoms with Gasteiger partial charge < -0.3 is 14.2 Å². The molecule has 0 radical (unpaired) electrons. The van der Waals surface area contributed by atoms with Crippen molar-refractivity contribution in [2.75, 3.05) is 11.7 Å². The van der Waals surface area contributed by atoms with Crippen LogP contribution in [0.25, 0.3) is 5.57 Å². The van der Waals surface area contributed by atoms with Crippen LogP contribution in [0.5, 0.6) is 17.2 Å². The maximum Gasteiger partial charge on any atom is 0.319 e. The molecule has 1 aromatic heterocycles. The first-order valence-electron chi connectivity index (χ1n) is 13.3. The summed E-state index contributed by atoms with van der Waals surface area (Å²) in [4.78, 5) is 44.4. The molecule has 9 heteroatoms. The van der Waals surface area contributed by atoms with E-state index in [0.717, 1.165) is 46.4 Å². The van der Waals surface area contributed by atoms with Gasteiger partial charge in [-0.05, 0) is 66.6 Å². The quantitative estimate of drug-likeness (QED) is 0.259. The third kappa shape index (κ3) is 3.08. The largest absolute Gasteiger partial charge is 0.454 e. The molecule has 2 amide bonds. The van der Waals surface area contributed by atoms with Crippen molar-refractivity contribution in [1.82, 2.24) is 0 Å². The van der Waals surface area contributed by atoms with Crippen molar-refractivity contribution in [1.29, 1.82) is 5.26 Å². The van der Waals surface area contributed by atoms with Gasteiger partial charge in [0.1, 0.15) is 16.8 Å². The number of rotatable bonds is 2. The monoisotopic (exact) mass is 550 g/mol. The second-order valence-electron chi connectivity index (χ2n) is 10.9. The lowest BCUT2D eigenvalue weighted by molar-refractivity contribution is -0.142. The Labute approximate surface area is 233 Å². The lowest BCUT2D eigenvalue weighted by Gasteiger charge is -2.38. The second kappa shape index (κ2) is 8.29. The van der Waals surface area contributed by atoms with E-state index in [1.165, 1.54) is 16.2 Å². The maximum atomic E-state index is 14.3. The van der Waals surface area contributed by atoms with E-state index in [1.807, 2.05) is 43.3 Å². The molecule has 0 spiro atoms. The molecular formula is C31H22N2O6S. The zero-order valence-corrected chi connectivity index (χ0v) is 22.2. The molecular weight excluding hydrogens is 528 g/mol. The normalized spacial score (nSPS) is 25.6. The Morgan fingerprint density at radius 1 is 0.975 bits per heavy atom. The summed E-state index contributed by atoms with van der Waals surface area (Å²) in [5.74, 6) is -3.00. The van der Waals surface area contributed by atoms with E-state index in [9.17, 15) is 19.6 Å². The van der Waals surface area contributed by atoms with Crippen LogP contribution in [-0.4, -0.2) is 24.6 Å². The van der Waals surface area contributed by atoms with Crippen molar-refractivity contribution in [3.05, 3.63) is 75.2 Å². The van der Waals surface area contributed by atoms with Crippen LogP contribution >= 0.6 is 11.3 Å². The lowest BCUT2D eigenvalue weighted by atomic mass is 9.64. The van der Waals surface area contributed by atoms with Crippen LogP contribution in [0.15, 0.2) is 42.5 Å². The molecule has 2 aromatic carbocycles. The highest BCUT2D eigenvalue weighted by Crippen LogP contribution is 2.56. The van der Waals surface area contributed by atoms with Crippen molar-refractivity contribution >= 4 is 39.7 Å². The number of nitrogens with zero attached hydrogens (tertiary/aromatic N) is 2. The summed E-state index contributed by atoms with van der Waals surface area (Å²) < 4.78 is 16.9. The van der Waals surface area contributed by atoms with Crippen molar-refractivity contribution < 1.29 is 28.6 Å². The van der Waals surface area contributed by atoms with Gasteiger partial charge in [-0.15, -0.1) is 11.3 Å². The fraction of sp³-hybridized carbons (Fsp3) is 0.290. The Balaban J connectivity index is 1.32. The van der Waals surface area contributed by atoms with Crippen molar-refractivity contribution in [3.8, 4) is 23.3 Å². The summed E-state index contributed by atoms with van der Waals surface area (Å²) in [5.41, 5.74) is 4.50. The number of allylic oxidation sites excluding steroid dienone is 1. The number of imide groups is 1. The molecule has 0 N–H and O–H groups in total. The number of thiophene rings is 1. The topological polar surface area (TPSA) is 106 Å². The number of aryl methyl sites for hydroxylation is 2. The lowest BCUT2D eigenvalue weighted by Crippen LogP contribution is -2.42. The Bertz CT molecular complexity index is 1760. The average molecular weight is 551 g/mol. The second-order valence-corrected chi connectivity index (χ2v) is 12.0. The van der Waals surface area contributed by atoms with Crippen LogP contribution in [-0.2, 0) is 27.2 Å². The van der Waals surface area contributed by atoms with Crippen LogP contribution in [0.2, 0.25) is 0 Å². The Hall–Kier alpha value is -4.42. The molecule has 198 valence electrons. The predicted molar refractivity (Wildman–Crippen MR) is 144 cm³/mol. The summed E-state index contributed by atoms with van der Waals surface area (Å²) in [5, 5.41) is 10.4. The van der Waals surface area contributed by atoms with E-state index < -0.39 is 41.5 Å². The molecule has 8 nitrogen and oxygen atoms in total. The molecule has 4 heterocycles. The number of amides is 2. The molecule has 3 aromatic rings. The first-order valence-corrected chi connectivity index (χ1v) is 14.1. The molecule has 0 unspecified atom stereocenters. The predicted octanol–water partition coefficient (Wildman–Crippen LogP) is 4.67. The maximum absolute atomic E-state index is 14.3. The smallest absolute Gasteiger partial charge is 0.319 e. The highest BCUT2D eigenvalue weighted by Gasteiger charge is 2.61. The summed E-state index contributed by atoms with van der Waals surface area (Å²) in [6, 6.07) is 13.5. The average Bonchev–Trinajstić information content (AvgIpc) is 3.71. The summed E-state index contributed by atoms with van der Waals surface area (Å²) >= 11 is 1.35. The van der Waals surface area contributed by atoms with Crippen LogP contribution in [0.4, 0.5) is 5.00 Å². The van der Waals surface area contributed by atoms with Crippen molar-refractivity contribution in [2.45, 2.75) is 32.1 Å². The SMILES string of the molecule is Cc1ccc2c(c1)OC(=O)[C@@H]1C2=C[C@H](c2ccc3c(c2)OCO3)[C@@H]2C(=O)N(c3sc4c(c3C#N)CCC4)C(=O)[C@@H]12. The van der Waals surface area contributed by atoms with Crippen LogP contribution < -0.4 is 19.1 Å². The van der Waals surface area contributed by atoms with Crippen LogP contribution in [0, 0.1) is 36.0 Å². The standard InChI is InChI=1S/C31H22N2O6S/c1-14-5-7-16-19-11-18(15-6-8-21-23(10-15)38-13-37-21)25-27(26(19)31(36)39-22(16)9-14)29(35)33(28(25)34)30-20(12-32)17-3-2-4-24(17)40-30/h5-11,18,25-27H,2-4,13H2,1H3/t18-,25+,26-,27-/m1/s1. The molecule has 1 saturated heterocycles. The molecule has 0 saturated carbocycles. The Kier molecular flexibility index (Phi) is 4.86. The third-order valence-corrected chi connectivity index (χ3v) is 10.0. The molecule has 2 aliphatic carbocycles. The molecule has 0 bridgehead atoms. The third-order valence-electron chi connectivity index (χ3n) is 8.75. The summed E-state index contributed by atoms with van der Waals surface area (Å²) in [6.45, 7) is 2.03. The van der Waals surface area contributed by atoms with Crippen LogP contribution in [0.1, 0.15) is 45.0 Å². The number of nitriles is 1. The first-order chi connectivity index (χ1) is 19.4. The van der Waals surface area contributed by atoms with Crippen molar-refractivity contribution in [2.24, 2.45) is 17.8 Å². The van der Waals surface area contributed by atoms with E-state index in [4.69, 9.17) is 14.2 Å². The number of anilines is 1. The van der Waals surface area contributed by atoms with Gasteiger partial charge in [0.05, 0.1) is 23.3 Å². The number of carbonyl (C=O) groups is 3. The number of esters is 1. The minimum atomic E-state index is -0.964. The van der Waals surface area contributed by atoms with Gasteiger partial charge in [-0.2, -0.15) is 5.26 Å². The zero-order chi connectivity index (χ0) is 27.3. The Morgan fingerprint density at radius 2 is 1.80 bits per heavy atom. The minimum Gasteiger partial charge on any atom is -0.454 e. The minimum absolute atomic E-state index is 0.114. The van der Waals surface area contributed by atoms with Gasteiger partial charge in [0.2, 0.25) is 18.6 Å². The number of carbonyl (C=O) groups excluding carboxylic acids is 3. The Morgan fingerprint density at radius 3 is 2.65 bits per heavy atom.